The largest absolute Gasteiger partial charge is 0.339 e. The summed E-state index contributed by atoms with van der Waals surface area (Å²) in [6.07, 6.45) is 0.290. The average Bonchev–Trinajstić information content (AvgIpc) is 2.59. The Morgan fingerprint density at radius 2 is 1.58 bits per heavy atom. The predicted molar refractivity (Wildman–Crippen MR) is 106 cm³/mol. The minimum atomic E-state index is -3.58. The van der Waals surface area contributed by atoms with E-state index in [0.717, 1.165) is 22.3 Å². The maximum Gasteiger partial charge on any atom is 0.285 e. The van der Waals surface area contributed by atoms with Crippen molar-refractivity contribution < 1.29 is 17.4 Å². The highest BCUT2D eigenvalue weighted by molar-refractivity contribution is 8.13. The maximum absolute atomic E-state index is 11.7. The third-order valence-electron chi connectivity index (χ3n) is 3.47. The number of hydrogen-bond donors (Lipinski definition) is 0. The van der Waals surface area contributed by atoms with Crippen LogP contribution in [0, 0.1) is 0 Å². The Labute approximate surface area is 163 Å². The van der Waals surface area contributed by atoms with Crippen molar-refractivity contribution in [1.82, 2.24) is 4.90 Å². The molecule has 26 heavy (non-hydrogen) atoms. The van der Waals surface area contributed by atoms with Crippen molar-refractivity contribution in [3.05, 3.63) is 54.1 Å². The third-order valence-corrected chi connectivity index (χ3v) is 5.38. The summed E-state index contributed by atoms with van der Waals surface area (Å²) in [4.78, 5) is 14.1. The summed E-state index contributed by atoms with van der Waals surface area (Å²) >= 11 is 6.99. The number of hydrogen-bond acceptors (Lipinski definition) is 5. The molecular formula is C18H20ClNO4S2. The van der Waals surface area contributed by atoms with Gasteiger partial charge in [-0.15, -0.1) is 11.6 Å². The molecule has 1 atom stereocenters. The standard InChI is InChI=1S/C18H20ClNO4S2/c1-20(2)18(21)25-16-10-8-14(9-11-16)13-4-6-15(7-5-13)17(12-19)24-26(3,22)23/h4-11,17H,12H2,1-3H3/t17-/m0/s1. The Balaban J connectivity index is 2.14. The molecule has 2 aromatic rings. The van der Waals surface area contributed by atoms with Crippen molar-refractivity contribution in [3.8, 4) is 11.1 Å². The summed E-state index contributed by atoms with van der Waals surface area (Å²) in [5.74, 6) is 0.0399. The number of benzene rings is 2. The second-order valence-corrected chi connectivity index (χ2v) is 8.79. The van der Waals surface area contributed by atoms with Crippen LogP contribution >= 0.6 is 23.4 Å². The molecule has 0 saturated carbocycles. The Hall–Kier alpha value is -1.54. The smallest absolute Gasteiger partial charge is 0.285 e. The van der Waals surface area contributed by atoms with Crippen LogP contribution < -0.4 is 0 Å². The minimum Gasteiger partial charge on any atom is -0.339 e. The molecular weight excluding hydrogens is 394 g/mol. The van der Waals surface area contributed by atoms with Crippen molar-refractivity contribution in [2.24, 2.45) is 0 Å². The Kier molecular flexibility index (Phi) is 7.11. The molecule has 2 aromatic carbocycles. The zero-order valence-corrected chi connectivity index (χ0v) is 17.1. The van der Waals surface area contributed by atoms with E-state index in [2.05, 4.69) is 0 Å². The van der Waals surface area contributed by atoms with E-state index in [4.69, 9.17) is 15.8 Å². The van der Waals surface area contributed by atoms with Gasteiger partial charge in [-0.25, -0.2) is 0 Å². The van der Waals surface area contributed by atoms with Gasteiger partial charge in [0.25, 0.3) is 15.4 Å². The second kappa shape index (κ2) is 8.90. The first kappa shape index (κ1) is 20.8. The Bertz CT molecular complexity index is 850. The summed E-state index contributed by atoms with van der Waals surface area (Å²) < 4.78 is 27.6. The summed E-state index contributed by atoms with van der Waals surface area (Å²) in [7, 11) is -0.154. The van der Waals surface area contributed by atoms with E-state index in [0.29, 0.717) is 5.56 Å². The Morgan fingerprint density at radius 3 is 2.00 bits per heavy atom. The molecule has 0 saturated heterocycles. The van der Waals surface area contributed by atoms with E-state index >= 15 is 0 Å². The number of carbonyl (C=O) groups excluding carboxylic acids is 1. The zero-order chi connectivity index (χ0) is 19.3. The van der Waals surface area contributed by atoms with Crippen LogP contribution in [0.2, 0.25) is 0 Å². The minimum absolute atomic E-state index is 0.0277. The van der Waals surface area contributed by atoms with Gasteiger partial charge in [0.2, 0.25) is 0 Å². The van der Waals surface area contributed by atoms with Crippen molar-refractivity contribution in [1.29, 1.82) is 0 Å². The van der Waals surface area contributed by atoms with E-state index in [1.54, 1.807) is 26.2 Å². The molecule has 0 heterocycles. The molecule has 0 spiro atoms. The Morgan fingerprint density at radius 1 is 1.08 bits per heavy atom. The molecule has 0 N–H and O–H groups in total. The van der Waals surface area contributed by atoms with Gasteiger partial charge >= 0.3 is 0 Å². The van der Waals surface area contributed by atoms with Gasteiger partial charge < -0.3 is 4.90 Å². The number of thioether (sulfide) groups is 1. The first-order valence-corrected chi connectivity index (χ1v) is 10.9. The van der Waals surface area contributed by atoms with Crippen molar-refractivity contribution in [2.75, 3.05) is 26.2 Å². The van der Waals surface area contributed by atoms with E-state index in [-0.39, 0.29) is 11.1 Å². The SMILES string of the molecule is CN(C)C(=O)Sc1ccc(-c2ccc([C@H](CCl)OS(C)(=O)=O)cc2)cc1. The predicted octanol–water partition coefficient (Wildman–Crippen LogP) is 4.38. The number of carbonyl (C=O) groups is 1. The lowest BCUT2D eigenvalue weighted by Crippen LogP contribution is -2.15. The molecule has 0 bridgehead atoms. The monoisotopic (exact) mass is 413 g/mol. The average molecular weight is 414 g/mol. The van der Waals surface area contributed by atoms with Gasteiger partial charge in [-0.3, -0.25) is 8.98 Å². The molecule has 8 heteroatoms. The number of halogens is 1. The van der Waals surface area contributed by atoms with E-state index in [9.17, 15) is 13.2 Å². The molecule has 0 aromatic heterocycles. The van der Waals surface area contributed by atoms with Crippen LogP contribution in [0.5, 0.6) is 0 Å². The fourth-order valence-electron chi connectivity index (χ4n) is 2.18. The lowest BCUT2D eigenvalue weighted by molar-refractivity contribution is 0.239. The molecule has 0 aliphatic rings. The van der Waals surface area contributed by atoms with Crippen LogP contribution in [0.1, 0.15) is 11.7 Å². The number of nitrogens with zero attached hydrogens (tertiary/aromatic N) is 1. The van der Waals surface area contributed by atoms with Crippen LogP contribution in [0.4, 0.5) is 4.79 Å². The normalized spacial score (nSPS) is 12.6. The summed E-state index contributed by atoms with van der Waals surface area (Å²) in [5, 5.41) is -0.0277. The fourth-order valence-corrected chi connectivity index (χ4v) is 3.75. The number of alkyl halides is 1. The molecule has 1 amide bonds. The third kappa shape index (κ3) is 6.02. The van der Waals surface area contributed by atoms with Crippen molar-refractivity contribution >= 4 is 38.7 Å². The number of rotatable bonds is 6. The molecule has 140 valence electrons. The van der Waals surface area contributed by atoms with Crippen molar-refractivity contribution in [2.45, 2.75) is 11.0 Å². The molecule has 2 rings (SSSR count). The summed E-state index contributed by atoms with van der Waals surface area (Å²) in [6, 6.07) is 15.0. The van der Waals surface area contributed by atoms with Gasteiger partial charge in [-0.2, -0.15) is 8.42 Å². The lowest BCUT2D eigenvalue weighted by atomic mass is 10.0. The highest BCUT2D eigenvalue weighted by Gasteiger charge is 2.17. The fraction of sp³-hybridized carbons (Fsp3) is 0.278. The molecule has 0 fully saturated rings. The van der Waals surface area contributed by atoms with Crippen LogP contribution in [0.15, 0.2) is 53.4 Å². The molecule has 5 nitrogen and oxygen atoms in total. The summed E-state index contributed by atoms with van der Waals surface area (Å²) in [5.41, 5.74) is 2.65. The van der Waals surface area contributed by atoms with Crippen molar-refractivity contribution in [3.63, 3.8) is 0 Å². The van der Waals surface area contributed by atoms with E-state index in [1.807, 2.05) is 36.4 Å². The molecule has 0 radical (unpaired) electrons. The van der Waals surface area contributed by atoms with Gasteiger partial charge in [-0.1, -0.05) is 36.4 Å². The van der Waals surface area contributed by atoms with Crippen LogP contribution in [-0.2, 0) is 14.3 Å². The summed E-state index contributed by atoms with van der Waals surface area (Å²) in [6.45, 7) is 0. The van der Waals surface area contributed by atoms with Gasteiger partial charge in [0, 0.05) is 19.0 Å². The van der Waals surface area contributed by atoms with E-state index < -0.39 is 16.2 Å². The highest BCUT2D eigenvalue weighted by Crippen LogP contribution is 2.28. The van der Waals surface area contributed by atoms with Gasteiger partial charge in [0.1, 0.15) is 6.10 Å². The van der Waals surface area contributed by atoms with Gasteiger partial charge in [0.15, 0.2) is 0 Å². The lowest BCUT2D eigenvalue weighted by Gasteiger charge is -2.14. The first-order chi connectivity index (χ1) is 12.2. The zero-order valence-electron chi connectivity index (χ0n) is 14.7. The molecule has 0 unspecified atom stereocenters. The van der Waals surface area contributed by atoms with Gasteiger partial charge in [0.05, 0.1) is 12.1 Å². The molecule has 0 aliphatic carbocycles. The topological polar surface area (TPSA) is 63.7 Å². The highest BCUT2D eigenvalue weighted by atomic mass is 35.5. The number of amides is 1. The second-order valence-electron chi connectivity index (χ2n) is 5.85. The van der Waals surface area contributed by atoms with Gasteiger partial charge in [-0.05, 0) is 40.6 Å². The van der Waals surface area contributed by atoms with Crippen LogP contribution in [0.3, 0.4) is 0 Å². The quantitative estimate of drug-likeness (QED) is 0.399. The van der Waals surface area contributed by atoms with E-state index in [1.165, 1.54) is 16.7 Å². The van der Waals surface area contributed by atoms with Crippen LogP contribution in [0.25, 0.3) is 11.1 Å². The molecule has 0 aliphatic heterocycles. The first-order valence-electron chi connectivity index (χ1n) is 7.73. The maximum atomic E-state index is 11.7. The van der Waals surface area contributed by atoms with Crippen LogP contribution in [-0.4, -0.2) is 44.8 Å².